The Balaban J connectivity index is 1.47. The van der Waals surface area contributed by atoms with Gasteiger partial charge in [0.2, 0.25) is 5.95 Å². The SMILES string of the molecule is CCCCN=C(NCCc1ccco1)NC1CCN(c2ncccn2)CC1. The highest BCUT2D eigenvalue weighted by Gasteiger charge is 2.21. The Morgan fingerprint density at radius 3 is 2.78 bits per heavy atom. The molecule has 0 aromatic carbocycles. The van der Waals surface area contributed by atoms with Crippen LogP contribution < -0.4 is 15.5 Å². The maximum atomic E-state index is 5.40. The molecule has 7 nitrogen and oxygen atoms in total. The number of piperidine rings is 1. The monoisotopic (exact) mass is 370 g/mol. The van der Waals surface area contributed by atoms with Crippen molar-refractivity contribution in [2.45, 2.75) is 45.1 Å². The molecule has 0 radical (unpaired) electrons. The van der Waals surface area contributed by atoms with E-state index in [0.717, 1.165) is 76.0 Å². The number of rotatable bonds is 8. The van der Waals surface area contributed by atoms with Gasteiger partial charge in [-0.25, -0.2) is 9.97 Å². The summed E-state index contributed by atoms with van der Waals surface area (Å²) in [6.07, 6.45) is 10.5. The molecule has 3 rings (SSSR count). The number of unbranched alkanes of at least 4 members (excludes halogenated alkanes) is 1. The summed E-state index contributed by atoms with van der Waals surface area (Å²) in [6.45, 7) is 5.76. The zero-order valence-electron chi connectivity index (χ0n) is 16.1. The van der Waals surface area contributed by atoms with Gasteiger partial charge in [-0.15, -0.1) is 0 Å². The summed E-state index contributed by atoms with van der Waals surface area (Å²) in [5.41, 5.74) is 0. The molecule has 0 bridgehead atoms. The van der Waals surface area contributed by atoms with Crippen molar-refractivity contribution in [1.29, 1.82) is 0 Å². The fourth-order valence-electron chi connectivity index (χ4n) is 3.13. The smallest absolute Gasteiger partial charge is 0.225 e. The first-order valence-corrected chi connectivity index (χ1v) is 9.94. The molecule has 0 aliphatic carbocycles. The third-order valence-corrected chi connectivity index (χ3v) is 4.70. The van der Waals surface area contributed by atoms with Crippen molar-refractivity contribution in [2.75, 3.05) is 31.1 Å². The highest BCUT2D eigenvalue weighted by atomic mass is 16.3. The Hall–Kier alpha value is -2.57. The van der Waals surface area contributed by atoms with E-state index in [1.165, 1.54) is 0 Å². The van der Waals surface area contributed by atoms with Gasteiger partial charge in [0.15, 0.2) is 5.96 Å². The molecule has 2 N–H and O–H groups in total. The normalized spacial score (nSPS) is 15.7. The van der Waals surface area contributed by atoms with Crippen molar-refractivity contribution >= 4 is 11.9 Å². The third-order valence-electron chi connectivity index (χ3n) is 4.70. The number of guanidine groups is 1. The number of nitrogens with zero attached hydrogens (tertiary/aromatic N) is 4. The number of furan rings is 1. The summed E-state index contributed by atoms with van der Waals surface area (Å²) in [6, 6.07) is 6.20. The third kappa shape index (κ3) is 6.27. The predicted octanol–water partition coefficient (Wildman–Crippen LogP) is 2.62. The first-order valence-electron chi connectivity index (χ1n) is 9.94. The van der Waals surface area contributed by atoms with Gasteiger partial charge in [-0.3, -0.25) is 4.99 Å². The Morgan fingerprint density at radius 1 is 1.26 bits per heavy atom. The van der Waals surface area contributed by atoms with Crippen LogP contribution in [0.2, 0.25) is 0 Å². The van der Waals surface area contributed by atoms with Crippen LogP contribution in [0.3, 0.4) is 0 Å². The maximum absolute atomic E-state index is 5.40. The first-order chi connectivity index (χ1) is 13.3. The Labute approximate surface area is 161 Å². The Morgan fingerprint density at radius 2 is 2.07 bits per heavy atom. The van der Waals surface area contributed by atoms with Gasteiger partial charge in [0, 0.05) is 51.0 Å². The second-order valence-corrected chi connectivity index (χ2v) is 6.79. The molecule has 2 aromatic heterocycles. The quantitative estimate of drug-likeness (QED) is 0.422. The molecule has 3 heterocycles. The van der Waals surface area contributed by atoms with Crippen molar-refractivity contribution in [3.05, 3.63) is 42.6 Å². The van der Waals surface area contributed by atoms with E-state index in [0.29, 0.717) is 6.04 Å². The van der Waals surface area contributed by atoms with Gasteiger partial charge in [-0.05, 0) is 37.5 Å². The maximum Gasteiger partial charge on any atom is 0.225 e. The van der Waals surface area contributed by atoms with Crippen LogP contribution in [-0.2, 0) is 6.42 Å². The molecule has 0 atom stereocenters. The molecule has 27 heavy (non-hydrogen) atoms. The van der Waals surface area contributed by atoms with Crippen LogP contribution >= 0.6 is 0 Å². The molecule has 146 valence electrons. The topological polar surface area (TPSA) is 78.6 Å². The first kappa shape index (κ1) is 19.2. The molecule has 1 aliphatic heterocycles. The lowest BCUT2D eigenvalue weighted by Gasteiger charge is -2.33. The molecule has 1 saturated heterocycles. The number of nitrogens with one attached hydrogen (secondary N) is 2. The zero-order valence-corrected chi connectivity index (χ0v) is 16.1. The van der Waals surface area contributed by atoms with Crippen LogP contribution in [0.25, 0.3) is 0 Å². The second kappa shape index (κ2) is 10.5. The van der Waals surface area contributed by atoms with E-state index in [2.05, 4.69) is 32.4 Å². The van der Waals surface area contributed by atoms with Crippen LogP contribution in [0.15, 0.2) is 46.3 Å². The van der Waals surface area contributed by atoms with Gasteiger partial charge in [-0.1, -0.05) is 13.3 Å². The lowest BCUT2D eigenvalue weighted by Crippen LogP contribution is -2.49. The molecule has 1 aliphatic rings. The van der Waals surface area contributed by atoms with Crippen molar-refractivity contribution < 1.29 is 4.42 Å². The van der Waals surface area contributed by atoms with E-state index in [9.17, 15) is 0 Å². The lowest BCUT2D eigenvalue weighted by molar-refractivity contribution is 0.456. The highest BCUT2D eigenvalue weighted by molar-refractivity contribution is 5.80. The summed E-state index contributed by atoms with van der Waals surface area (Å²) in [7, 11) is 0. The van der Waals surface area contributed by atoms with Crippen LogP contribution in [0.4, 0.5) is 5.95 Å². The van der Waals surface area contributed by atoms with Gasteiger partial charge in [0.05, 0.1) is 6.26 Å². The lowest BCUT2D eigenvalue weighted by atomic mass is 10.1. The van der Waals surface area contributed by atoms with Crippen LogP contribution in [0, 0.1) is 0 Å². The van der Waals surface area contributed by atoms with E-state index >= 15 is 0 Å². The molecule has 0 spiro atoms. The van der Waals surface area contributed by atoms with E-state index in [1.807, 2.05) is 18.2 Å². The number of hydrogen-bond donors (Lipinski definition) is 2. The Bertz CT molecular complexity index is 665. The minimum absolute atomic E-state index is 0.418. The summed E-state index contributed by atoms with van der Waals surface area (Å²) in [4.78, 5) is 15.7. The summed E-state index contributed by atoms with van der Waals surface area (Å²) in [5.74, 6) is 2.72. The number of aliphatic imine (C=N–C) groups is 1. The zero-order chi connectivity index (χ0) is 18.7. The van der Waals surface area contributed by atoms with Crippen molar-refractivity contribution in [1.82, 2.24) is 20.6 Å². The summed E-state index contributed by atoms with van der Waals surface area (Å²) < 4.78 is 5.40. The standard InChI is InChI=1S/C20H30N6O/c1-2-3-10-21-19(22-13-7-18-6-4-16-27-18)25-17-8-14-26(15-9-17)20-23-11-5-12-24-20/h4-6,11-12,16-17H,2-3,7-10,13-15H2,1H3,(H2,21,22,25). The molecule has 7 heteroatoms. The van der Waals surface area contributed by atoms with E-state index in [-0.39, 0.29) is 0 Å². The van der Waals surface area contributed by atoms with Crippen molar-refractivity contribution in [3.8, 4) is 0 Å². The van der Waals surface area contributed by atoms with Gasteiger partial charge in [0.1, 0.15) is 5.76 Å². The highest BCUT2D eigenvalue weighted by Crippen LogP contribution is 2.15. The van der Waals surface area contributed by atoms with Gasteiger partial charge in [0.25, 0.3) is 0 Å². The average molecular weight is 371 g/mol. The number of aromatic nitrogens is 2. The molecule has 0 saturated carbocycles. The largest absolute Gasteiger partial charge is 0.469 e. The molecular weight excluding hydrogens is 340 g/mol. The van der Waals surface area contributed by atoms with Crippen molar-refractivity contribution in [3.63, 3.8) is 0 Å². The second-order valence-electron chi connectivity index (χ2n) is 6.79. The molecule has 1 fully saturated rings. The van der Waals surface area contributed by atoms with Gasteiger partial charge in [-0.2, -0.15) is 0 Å². The molecular formula is C20H30N6O. The molecule has 0 amide bonds. The van der Waals surface area contributed by atoms with Gasteiger partial charge >= 0.3 is 0 Å². The molecule has 0 unspecified atom stereocenters. The minimum atomic E-state index is 0.418. The van der Waals surface area contributed by atoms with Crippen LogP contribution in [0.1, 0.15) is 38.4 Å². The Kier molecular flexibility index (Phi) is 7.50. The fraction of sp³-hybridized carbons (Fsp3) is 0.550. The average Bonchev–Trinajstić information content (AvgIpc) is 3.23. The molecule has 2 aromatic rings. The van der Waals surface area contributed by atoms with Gasteiger partial charge < -0.3 is 20.0 Å². The summed E-state index contributed by atoms with van der Waals surface area (Å²) in [5, 5.41) is 7.06. The number of anilines is 1. The van der Waals surface area contributed by atoms with E-state index in [1.54, 1.807) is 18.7 Å². The summed E-state index contributed by atoms with van der Waals surface area (Å²) >= 11 is 0. The number of hydrogen-bond acceptors (Lipinski definition) is 5. The fourth-order valence-corrected chi connectivity index (χ4v) is 3.13. The van der Waals surface area contributed by atoms with Crippen LogP contribution in [0.5, 0.6) is 0 Å². The predicted molar refractivity (Wildman–Crippen MR) is 108 cm³/mol. The van der Waals surface area contributed by atoms with Crippen LogP contribution in [-0.4, -0.2) is 48.1 Å². The van der Waals surface area contributed by atoms with E-state index < -0.39 is 0 Å². The van der Waals surface area contributed by atoms with Crippen molar-refractivity contribution in [2.24, 2.45) is 4.99 Å². The van der Waals surface area contributed by atoms with E-state index in [4.69, 9.17) is 9.41 Å². The minimum Gasteiger partial charge on any atom is -0.469 e.